The Labute approximate surface area is 274 Å². The highest BCUT2D eigenvalue weighted by Gasteiger charge is 2.20. The highest BCUT2D eigenvalue weighted by atomic mass is 16.2. The van der Waals surface area contributed by atoms with Crippen LogP contribution >= 0.6 is 0 Å². The van der Waals surface area contributed by atoms with Crippen LogP contribution in [0.25, 0.3) is 0 Å². The van der Waals surface area contributed by atoms with E-state index in [0.717, 1.165) is 0 Å². The SMILES string of the molecule is Cn1cc(NC(=O)c2cc(NC(=O)c3cc(NC(=O)c4cc(NC(=O)c5nccn5C)cn4C)cn3C)cn2C)cc1C(=O)NCCN. The van der Waals surface area contributed by atoms with Gasteiger partial charge >= 0.3 is 0 Å². The second kappa shape index (κ2) is 13.6. The fourth-order valence-electron chi connectivity index (χ4n) is 5.07. The first-order valence-corrected chi connectivity index (χ1v) is 14.7. The monoisotopic (exact) mass is 656 g/mol. The van der Waals surface area contributed by atoms with Crippen molar-refractivity contribution < 1.29 is 24.0 Å². The number of nitrogens with zero attached hydrogens (tertiary/aromatic N) is 6. The fourth-order valence-corrected chi connectivity index (χ4v) is 5.07. The van der Waals surface area contributed by atoms with Crippen LogP contribution in [0.1, 0.15) is 52.6 Å². The smallest absolute Gasteiger partial charge is 0.291 e. The van der Waals surface area contributed by atoms with Gasteiger partial charge in [0.15, 0.2) is 5.82 Å². The molecule has 0 fully saturated rings. The van der Waals surface area contributed by atoms with Crippen molar-refractivity contribution in [2.75, 3.05) is 34.4 Å². The molecule has 5 aromatic rings. The van der Waals surface area contributed by atoms with Crippen LogP contribution in [0.2, 0.25) is 0 Å². The van der Waals surface area contributed by atoms with Gasteiger partial charge in [-0.05, 0) is 24.3 Å². The Morgan fingerprint density at radius 1 is 0.562 bits per heavy atom. The molecule has 5 heterocycles. The number of carbonyl (C=O) groups excluding carboxylic acids is 5. The van der Waals surface area contributed by atoms with Crippen LogP contribution in [0.3, 0.4) is 0 Å². The number of hydrogen-bond acceptors (Lipinski definition) is 7. The lowest BCUT2D eigenvalue weighted by molar-refractivity contribution is 0.0943. The molecule has 17 heteroatoms. The molecule has 0 aliphatic heterocycles. The van der Waals surface area contributed by atoms with Gasteiger partial charge in [-0.1, -0.05) is 0 Å². The fraction of sp³-hybridized carbons (Fsp3) is 0.226. The van der Waals surface area contributed by atoms with E-state index in [1.165, 1.54) is 24.4 Å². The van der Waals surface area contributed by atoms with E-state index in [0.29, 0.717) is 41.5 Å². The largest absolute Gasteiger partial charge is 0.349 e. The number of nitrogens with two attached hydrogens (primary N) is 1. The number of hydrogen-bond donors (Lipinski definition) is 6. The predicted octanol–water partition coefficient (Wildman–Crippen LogP) is 1.47. The quantitative estimate of drug-likeness (QED) is 0.123. The molecule has 0 spiro atoms. The van der Waals surface area contributed by atoms with E-state index in [-0.39, 0.29) is 28.8 Å². The van der Waals surface area contributed by atoms with Crippen LogP contribution in [0.4, 0.5) is 22.7 Å². The molecular formula is C31H36N12O5. The normalized spacial score (nSPS) is 10.9. The summed E-state index contributed by atoms with van der Waals surface area (Å²) < 4.78 is 7.86. The molecule has 5 rings (SSSR count). The summed E-state index contributed by atoms with van der Waals surface area (Å²) in [5.41, 5.74) is 8.18. The van der Waals surface area contributed by atoms with Crippen LogP contribution < -0.4 is 32.3 Å². The Hall–Kier alpha value is -6.36. The second-order valence-electron chi connectivity index (χ2n) is 11.1. The Bertz CT molecular complexity index is 2040. The first kappa shape index (κ1) is 33.0. The van der Waals surface area contributed by atoms with Crippen molar-refractivity contribution in [3.63, 3.8) is 0 Å². The number of aromatic nitrogens is 6. The molecule has 0 unspecified atom stereocenters. The lowest BCUT2D eigenvalue weighted by atomic mass is 10.3. The molecule has 0 aliphatic carbocycles. The molecule has 48 heavy (non-hydrogen) atoms. The number of rotatable bonds is 11. The van der Waals surface area contributed by atoms with E-state index in [2.05, 4.69) is 31.6 Å². The van der Waals surface area contributed by atoms with Crippen molar-refractivity contribution >= 4 is 52.3 Å². The van der Waals surface area contributed by atoms with E-state index >= 15 is 0 Å². The standard InChI is InChI=1S/C31H36N12O5/c1-39-9-8-33-26(39)31(48)38-21-13-25(43(5)17-21)30(47)37-20-12-24(42(4)16-20)29(46)36-19-11-23(41(3)15-19)28(45)35-18-10-22(40(2)14-18)27(44)34-7-6-32/h8-17H,6-7,32H2,1-5H3,(H,34,44)(H,35,45)(H,36,46)(H,37,47)(H,38,48). The molecule has 0 bridgehead atoms. The van der Waals surface area contributed by atoms with Crippen molar-refractivity contribution in [1.82, 2.24) is 33.1 Å². The predicted molar refractivity (Wildman–Crippen MR) is 178 cm³/mol. The maximum absolute atomic E-state index is 13.2. The molecule has 0 atom stereocenters. The van der Waals surface area contributed by atoms with E-state index in [1.807, 2.05) is 0 Å². The zero-order valence-corrected chi connectivity index (χ0v) is 27.0. The molecular weight excluding hydrogens is 620 g/mol. The first-order chi connectivity index (χ1) is 22.8. The topological polar surface area (TPSA) is 209 Å². The van der Waals surface area contributed by atoms with E-state index in [1.54, 1.807) is 95.1 Å². The molecule has 250 valence electrons. The van der Waals surface area contributed by atoms with Gasteiger partial charge in [-0.3, -0.25) is 24.0 Å². The molecule has 5 amide bonds. The third kappa shape index (κ3) is 7.05. The third-order valence-electron chi connectivity index (χ3n) is 7.44. The van der Waals surface area contributed by atoms with Gasteiger partial charge in [-0.2, -0.15) is 0 Å². The molecule has 0 saturated heterocycles. The molecule has 0 aromatic carbocycles. The summed E-state index contributed by atoms with van der Waals surface area (Å²) in [6.45, 7) is 0.632. The summed E-state index contributed by atoms with van der Waals surface area (Å²) in [7, 11) is 8.38. The number of carbonyl (C=O) groups is 5. The zero-order chi connectivity index (χ0) is 34.7. The van der Waals surface area contributed by atoms with Crippen molar-refractivity contribution in [3.8, 4) is 0 Å². The Kier molecular flexibility index (Phi) is 9.32. The minimum Gasteiger partial charge on any atom is -0.349 e. The van der Waals surface area contributed by atoms with Gasteiger partial charge in [0.05, 0.1) is 22.7 Å². The van der Waals surface area contributed by atoms with E-state index in [4.69, 9.17) is 5.73 Å². The van der Waals surface area contributed by atoms with Gasteiger partial charge < -0.3 is 55.2 Å². The van der Waals surface area contributed by atoms with Crippen LogP contribution in [0.5, 0.6) is 0 Å². The van der Waals surface area contributed by atoms with Crippen LogP contribution in [0, 0.1) is 0 Å². The summed E-state index contributed by atoms with van der Waals surface area (Å²) in [4.78, 5) is 68.2. The number of anilines is 4. The van der Waals surface area contributed by atoms with Gasteiger partial charge in [0.2, 0.25) is 0 Å². The lowest BCUT2D eigenvalue weighted by Gasteiger charge is -2.03. The second-order valence-corrected chi connectivity index (χ2v) is 11.1. The number of nitrogens with one attached hydrogen (secondary N) is 5. The summed E-state index contributed by atoms with van der Waals surface area (Å²) in [6, 6.07) is 6.13. The van der Waals surface area contributed by atoms with Gasteiger partial charge in [0.25, 0.3) is 29.5 Å². The highest BCUT2D eigenvalue weighted by molar-refractivity contribution is 6.09. The average molecular weight is 657 g/mol. The highest BCUT2D eigenvalue weighted by Crippen LogP contribution is 2.21. The first-order valence-electron chi connectivity index (χ1n) is 14.7. The molecule has 0 aliphatic rings. The van der Waals surface area contributed by atoms with Gasteiger partial charge in [0.1, 0.15) is 22.8 Å². The Morgan fingerprint density at radius 3 is 1.25 bits per heavy atom. The zero-order valence-electron chi connectivity index (χ0n) is 27.0. The van der Waals surface area contributed by atoms with Crippen LogP contribution in [-0.2, 0) is 35.2 Å². The molecule has 5 aromatic heterocycles. The van der Waals surface area contributed by atoms with Crippen molar-refractivity contribution in [1.29, 1.82) is 0 Å². The van der Waals surface area contributed by atoms with Crippen molar-refractivity contribution in [2.45, 2.75) is 0 Å². The number of amides is 5. The molecule has 0 radical (unpaired) electrons. The van der Waals surface area contributed by atoms with Crippen LogP contribution in [-0.4, -0.2) is 70.4 Å². The maximum Gasteiger partial charge on any atom is 0.291 e. The number of imidazole rings is 1. The van der Waals surface area contributed by atoms with E-state index < -0.39 is 23.6 Å². The Balaban J connectivity index is 1.21. The van der Waals surface area contributed by atoms with Gasteiger partial charge in [-0.15, -0.1) is 0 Å². The summed E-state index contributed by atoms with van der Waals surface area (Å²) >= 11 is 0. The minimum absolute atomic E-state index is 0.224. The molecule has 7 N–H and O–H groups in total. The van der Waals surface area contributed by atoms with Crippen molar-refractivity contribution in [3.05, 3.63) is 90.0 Å². The van der Waals surface area contributed by atoms with Gasteiger partial charge in [0, 0.05) is 85.5 Å². The summed E-state index contributed by atoms with van der Waals surface area (Å²) in [5, 5.41) is 13.7. The summed E-state index contributed by atoms with van der Waals surface area (Å²) in [5.74, 6) is -1.87. The average Bonchev–Trinajstić information content (AvgIpc) is 3.85. The van der Waals surface area contributed by atoms with E-state index in [9.17, 15) is 24.0 Å². The lowest BCUT2D eigenvalue weighted by Crippen LogP contribution is -2.30. The van der Waals surface area contributed by atoms with Gasteiger partial charge in [-0.25, -0.2) is 4.98 Å². The van der Waals surface area contributed by atoms with Crippen LogP contribution in [0.15, 0.2) is 61.4 Å². The van der Waals surface area contributed by atoms with Crippen molar-refractivity contribution in [2.24, 2.45) is 41.0 Å². The summed E-state index contributed by atoms with van der Waals surface area (Å²) in [6.07, 6.45) is 9.57. The maximum atomic E-state index is 13.2. The number of aryl methyl sites for hydroxylation is 5. The Morgan fingerprint density at radius 2 is 0.917 bits per heavy atom. The third-order valence-corrected chi connectivity index (χ3v) is 7.44. The minimum atomic E-state index is -0.468. The molecule has 17 nitrogen and oxygen atoms in total. The molecule has 0 saturated carbocycles.